The number of nitro groups is 1. The summed E-state index contributed by atoms with van der Waals surface area (Å²) in [6, 6.07) is 27.8. The number of amides is 3. The Morgan fingerprint density at radius 1 is 0.873 bits per heavy atom. The van der Waals surface area contributed by atoms with Gasteiger partial charge in [0.05, 0.1) is 49.8 Å². The van der Waals surface area contributed by atoms with Crippen molar-refractivity contribution in [2.24, 2.45) is 16.7 Å². The average Bonchev–Trinajstić information content (AvgIpc) is 0.948. The number of anilines is 2. The van der Waals surface area contributed by atoms with Gasteiger partial charge in [0.25, 0.3) is 21.6 Å². The van der Waals surface area contributed by atoms with Gasteiger partial charge in [0.1, 0.15) is 28.9 Å². The Hall–Kier alpha value is -7.81. The van der Waals surface area contributed by atoms with Crippen LogP contribution in [0.3, 0.4) is 0 Å². The van der Waals surface area contributed by atoms with Crippen molar-refractivity contribution in [3.05, 3.63) is 158 Å². The molecule has 0 bridgehead atoms. The van der Waals surface area contributed by atoms with E-state index in [-0.39, 0.29) is 53.1 Å². The van der Waals surface area contributed by atoms with Gasteiger partial charge >= 0.3 is 0 Å². The topological polar surface area (TPSA) is 264 Å². The molecule has 102 heavy (non-hydrogen) atoms. The molecule has 3 atom stereocenters. The summed E-state index contributed by atoms with van der Waals surface area (Å²) in [7, 11) is -4.63. The number of thiazole rings is 1. The first-order chi connectivity index (χ1) is 48.9. The zero-order valence-electron chi connectivity index (χ0n) is 59.5. The number of allylic oxidation sites excluding steroid dienone is 1. The van der Waals surface area contributed by atoms with Gasteiger partial charge in [0.2, 0.25) is 11.8 Å². The number of hydrogen-bond donors (Lipinski definition) is 6. The second-order valence-corrected chi connectivity index (χ2v) is 33.2. The highest BCUT2D eigenvalue weighted by Crippen LogP contribution is 2.44. The maximum atomic E-state index is 14.3. The molecule has 544 valence electrons. The lowest BCUT2D eigenvalue weighted by molar-refractivity contribution is -0.384. The largest absolute Gasteiger partial charge is 0.455 e. The van der Waals surface area contributed by atoms with Crippen molar-refractivity contribution in [2.75, 3.05) is 95.3 Å². The Labute approximate surface area is 608 Å². The van der Waals surface area contributed by atoms with Crippen molar-refractivity contribution in [2.45, 2.75) is 148 Å². The van der Waals surface area contributed by atoms with Gasteiger partial charge in [-0.1, -0.05) is 94.6 Å². The summed E-state index contributed by atoms with van der Waals surface area (Å²) >= 11 is 7.89. The molecule has 1 saturated carbocycles. The molecule has 3 amide bonds. The number of likely N-dealkylation sites (tertiary alicyclic amines) is 1. The highest BCUT2D eigenvalue weighted by Gasteiger charge is 2.44. The minimum absolute atomic E-state index is 0.0454. The molecular weight excluding hydrogens is 1350 g/mol. The number of aliphatic hydroxyl groups is 1. The number of aromatic amines is 1. The van der Waals surface area contributed by atoms with Gasteiger partial charge in [0.15, 0.2) is 0 Å². The number of H-pyrrole nitrogens is 1. The van der Waals surface area contributed by atoms with E-state index in [0.717, 1.165) is 160 Å². The van der Waals surface area contributed by atoms with Crippen LogP contribution >= 0.6 is 22.9 Å². The van der Waals surface area contributed by atoms with Gasteiger partial charge in [-0.3, -0.25) is 34.3 Å². The van der Waals surface area contributed by atoms with E-state index in [1.54, 1.807) is 46.7 Å². The number of hydrogen-bond acceptors (Lipinski definition) is 18. The van der Waals surface area contributed by atoms with Gasteiger partial charge in [-0.05, 0) is 165 Å². The average molecular weight is 1450 g/mol. The Kier molecular flexibility index (Phi) is 23.5. The molecule has 0 radical (unpaired) electrons. The van der Waals surface area contributed by atoms with Crippen molar-refractivity contribution in [3.8, 4) is 21.9 Å². The summed E-state index contributed by atoms with van der Waals surface area (Å²) in [5.41, 5.74) is 9.91. The summed E-state index contributed by atoms with van der Waals surface area (Å²) < 4.78 is 36.8. The number of aryl methyl sites for hydroxylation is 1. The number of rotatable bonds is 26. The van der Waals surface area contributed by atoms with Crippen LogP contribution in [0.1, 0.15) is 132 Å². The van der Waals surface area contributed by atoms with Gasteiger partial charge in [0, 0.05) is 125 Å². The van der Waals surface area contributed by atoms with Crippen LogP contribution in [-0.4, -0.2) is 180 Å². The number of piperazine rings is 2. The van der Waals surface area contributed by atoms with E-state index in [2.05, 4.69) is 81.2 Å². The van der Waals surface area contributed by atoms with Crippen LogP contribution in [0.25, 0.3) is 27.0 Å². The predicted octanol–water partition coefficient (Wildman–Crippen LogP) is 12.3. The number of halogens is 1. The van der Waals surface area contributed by atoms with Crippen LogP contribution in [0.5, 0.6) is 11.5 Å². The fourth-order valence-corrected chi connectivity index (χ4v) is 17.2. The summed E-state index contributed by atoms with van der Waals surface area (Å²) in [4.78, 5) is 78.1. The zero-order chi connectivity index (χ0) is 71.9. The second-order valence-electron chi connectivity index (χ2n) is 30.3. The van der Waals surface area contributed by atoms with Crippen molar-refractivity contribution in [1.82, 2.24) is 49.9 Å². The summed E-state index contributed by atoms with van der Waals surface area (Å²) in [6.45, 7) is 23.2. The second kappa shape index (κ2) is 32.5. The molecule has 0 unspecified atom stereocenters. The van der Waals surface area contributed by atoms with Crippen molar-refractivity contribution in [3.63, 3.8) is 0 Å². The monoisotopic (exact) mass is 1450 g/mol. The van der Waals surface area contributed by atoms with E-state index in [9.17, 15) is 38.0 Å². The molecule has 0 spiro atoms. The lowest BCUT2D eigenvalue weighted by atomic mass is 9.72. The van der Waals surface area contributed by atoms with Gasteiger partial charge in [-0.25, -0.2) is 23.1 Å². The van der Waals surface area contributed by atoms with Gasteiger partial charge in [-0.15, -0.1) is 11.3 Å². The molecule has 2 aliphatic carbocycles. The number of unbranched alkanes of at least 4 members (excludes halogenated alkanes) is 2. The number of fused-ring (bicyclic) bond motifs is 1. The lowest BCUT2D eigenvalue weighted by Gasteiger charge is -2.42. The molecule has 3 saturated heterocycles. The van der Waals surface area contributed by atoms with Crippen LogP contribution in [0.2, 0.25) is 5.02 Å². The fourth-order valence-electron chi connectivity index (χ4n) is 15.3. The van der Waals surface area contributed by atoms with E-state index in [0.29, 0.717) is 50.2 Å². The molecule has 25 heteroatoms. The normalized spacial score (nSPS) is 20.5. The molecule has 4 aromatic carbocycles. The highest BCUT2D eigenvalue weighted by atomic mass is 35.5. The Balaban J connectivity index is 0.580. The van der Waals surface area contributed by atoms with Crippen molar-refractivity contribution in [1.29, 1.82) is 0 Å². The smallest absolute Gasteiger partial charge is 0.293 e. The Morgan fingerprint density at radius 2 is 1.61 bits per heavy atom. The first-order valence-corrected chi connectivity index (χ1v) is 38.9. The quantitative estimate of drug-likeness (QED) is 0.0167. The molecule has 22 nitrogen and oxygen atoms in total. The third-order valence-electron chi connectivity index (χ3n) is 21.3. The number of ether oxygens (including phenoxy) is 1. The number of β-amino-alcohol motifs (C(OH)–C–C–N with tert-alkyl or cyclic N) is 1. The number of nitro benzene ring substituents is 1. The van der Waals surface area contributed by atoms with Gasteiger partial charge in [-0.2, -0.15) is 0 Å². The van der Waals surface area contributed by atoms with Crippen LogP contribution in [0.4, 0.5) is 17.1 Å². The standard InChI is InChI=1S/C77H98ClN13O9S2/c1-51-70(101-50-84-51)55-14-10-52(11-15-55)46-83-74(94)68-42-61(92)49-90(68)75(95)71(76(2,3)4)79-29-8-7-9-31-86-32-36-88(37-33-86)59-20-12-53(13-21-59)45-81-66-25-23-63(43-67(66)91(96)97)102(98,99)85-73(93)64-24-22-60(41-69(64)100-62-40-56-27-30-80-72(56)82-47-62)89-38-34-87(35-39-89)48-57-26-28-77(5,6)44-65(57)54-16-18-58(78)19-17-54/h10-11,14-19,22-25,27,30,40-41,43,47,50,53,59,61,68,71,79,81,92H,7-9,12-13,20-21,26,28-29,31-39,42,44-46,48-49H2,1-6H3,(H,80,82)(H,83,94)(H,85,93)/t53?,59?,61-,68+,71-/m1/s1. The number of sulfonamides is 1. The summed E-state index contributed by atoms with van der Waals surface area (Å²) in [5, 5.41) is 34.7. The van der Waals surface area contributed by atoms with E-state index in [1.807, 2.05) is 75.7 Å². The maximum Gasteiger partial charge on any atom is 0.293 e. The first kappa shape index (κ1) is 73.9. The number of pyridine rings is 1. The molecule has 5 aliphatic rings. The number of nitrogens with one attached hydrogen (secondary N) is 5. The first-order valence-electron chi connectivity index (χ1n) is 36.1. The van der Waals surface area contributed by atoms with Gasteiger partial charge < -0.3 is 45.5 Å². The predicted molar refractivity (Wildman–Crippen MR) is 403 cm³/mol. The molecule has 3 aliphatic heterocycles. The Bertz CT molecular complexity index is 4250. The number of benzene rings is 4. The number of aliphatic hydroxyl groups excluding tert-OH is 1. The van der Waals surface area contributed by atoms with Crippen LogP contribution in [-0.2, 0) is 26.2 Å². The number of aromatic nitrogens is 3. The minimum Gasteiger partial charge on any atom is -0.455 e. The molecular formula is C77H98ClN13O9S2. The lowest BCUT2D eigenvalue weighted by Crippen LogP contribution is -2.56. The highest BCUT2D eigenvalue weighted by molar-refractivity contribution is 7.90. The molecule has 7 aromatic rings. The Morgan fingerprint density at radius 3 is 2.32 bits per heavy atom. The molecule has 6 heterocycles. The molecule has 12 rings (SSSR count). The number of nitrogens with zero attached hydrogens (tertiary/aromatic N) is 8. The zero-order valence-corrected chi connectivity index (χ0v) is 61.9. The fraction of sp³-hybridized carbons (Fsp3) is 0.494. The molecule has 3 aromatic heterocycles. The maximum absolute atomic E-state index is 14.3. The summed E-state index contributed by atoms with van der Waals surface area (Å²) in [5.74, 6) is -0.658. The van der Waals surface area contributed by atoms with Crippen LogP contribution in [0, 0.1) is 33.8 Å². The van der Waals surface area contributed by atoms with Crippen LogP contribution in [0.15, 0.2) is 125 Å². The summed E-state index contributed by atoms with van der Waals surface area (Å²) in [6.07, 6.45) is 12.8. The molecule has 6 N–H and O–H groups in total. The number of carbonyl (C=O) groups is 3. The third-order valence-corrected chi connectivity index (χ3v) is 23.8. The van der Waals surface area contributed by atoms with Crippen molar-refractivity contribution >= 4 is 84.4 Å². The minimum atomic E-state index is -4.63. The third kappa shape index (κ3) is 18.4. The molecule has 4 fully saturated rings. The van der Waals surface area contributed by atoms with Crippen LogP contribution < -0.4 is 30.3 Å². The van der Waals surface area contributed by atoms with E-state index in [4.69, 9.17) is 16.3 Å². The van der Waals surface area contributed by atoms with E-state index in [1.165, 1.54) is 35.0 Å². The van der Waals surface area contributed by atoms with E-state index >= 15 is 0 Å². The van der Waals surface area contributed by atoms with E-state index < -0.39 is 55.0 Å². The SMILES string of the molecule is Cc1ncsc1-c1ccc(CNC(=O)[C@@H]2C[C@@H](O)CN2C(=O)[C@@H](NCCCCCN2CCN(C3CCC(CNc4ccc(S(=O)(=O)NC(=O)c5ccc(N6CCN(CC7=C(c8ccc(Cl)cc8)CC(C)(C)CC7)CC6)cc5Oc5cnc6[nH]ccc6c5)cc4[N+](=O)[O-])CC3)CC2)C(C)(C)C)cc1. The van der Waals surface area contributed by atoms with Crippen molar-refractivity contribution < 1.29 is 37.6 Å². The number of carbonyl (C=O) groups excluding carboxylic acids is 3.